The molecule has 4 fully saturated rings. The van der Waals surface area contributed by atoms with Crippen molar-refractivity contribution in [3.05, 3.63) is 35.9 Å². The molecule has 4 bridgehead atoms. The van der Waals surface area contributed by atoms with Gasteiger partial charge in [0.15, 0.2) is 0 Å². The van der Waals surface area contributed by atoms with Gasteiger partial charge in [-0.25, -0.2) is 0 Å². The van der Waals surface area contributed by atoms with Crippen LogP contribution in [0.25, 0.3) is 0 Å². The van der Waals surface area contributed by atoms with Crippen molar-refractivity contribution < 1.29 is 9.59 Å². The quantitative estimate of drug-likeness (QED) is 0.762. The van der Waals surface area contributed by atoms with Crippen LogP contribution >= 0.6 is 0 Å². The number of nitrogens with two attached hydrogens (primary N) is 1. The molecule has 5 heteroatoms. The van der Waals surface area contributed by atoms with Crippen LogP contribution in [-0.4, -0.2) is 30.4 Å². The molecule has 25 heavy (non-hydrogen) atoms. The molecule has 0 heterocycles. The van der Waals surface area contributed by atoms with Crippen molar-refractivity contribution in [2.75, 3.05) is 13.1 Å². The molecule has 1 aromatic rings. The lowest BCUT2D eigenvalue weighted by molar-refractivity contribution is -0.145. The second-order valence-corrected chi connectivity index (χ2v) is 8.04. The predicted molar refractivity (Wildman–Crippen MR) is 95.7 cm³/mol. The fourth-order valence-electron chi connectivity index (χ4n) is 5.74. The molecule has 0 spiro atoms. The van der Waals surface area contributed by atoms with Gasteiger partial charge >= 0.3 is 0 Å². The molecule has 0 unspecified atom stereocenters. The number of amides is 2. The highest BCUT2D eigenvalue weighted by atomic mass is 16.2. The van der Waals surface area contributed by atoms with E-state index in [2.05, 4.69) is 10.6 Å². The first kappa shape index (κ1) is 16.6. The smallest absolute Gasteiger partial charge is 0.252 e. The molecule has 0 aliphatic heterocycles. The largest absolute Gasteiger partial charge is 0.353 e. The SMILES string of the molecule is NCCNC(=O)C1(NC(=O)c2ccccc2)C2CC3CC(C2)CC1C3. The van der Waals surface area contributed by atoms with Crippen LogP contribution in [0.2, 0.25) is 0 Å². The molecule has 4 aliphatic rings. The van der Waals surface area contributed by atoms with Crippen molar-refractivity contribution in [3.8, 4) is 0 Å². The van der Waals surface area contributed by atoms with Gasteiger partial charge in [0.25, 0.3) is 5.91 Å². The maximum Gasteiger partial charge on any atom is 0.252 e. The average Bonchev–Trinajstić information content (AvgIpc) is 2.62. The number of nitrogens with one attached hydrogen (secondary N) is 2. The molecule has 4 N–H and O–H groups in total. The molecule has 0 radical (unpaired) electrons. The minimum Gasteiger partial charge on any atom is -0.353 e. The van der Waals surface area contributed by atoms with Gasteiger partial charge in [0, 0.05) is 18.7 Å². The highest BCUT2D eigenvalue weighted by Crippen LogP contribution is 2.58. The molecule has 5 nitrogen and oxygen atoms in total. The zero-order valence-corrected chi connectivity index (χ0v) is 14.5. The Labute approximate surface area is 148 Å². The summed E-state index contributed by atoms with van der Waals surface area (Å²) in [4.78, 5) is 26.1. The van der Waals surface area contributed by atoms with E-state index in [-0.39, 0.29) is 23.7 Å². The fraction of sp³-hybridized carbons (Fsp3) is 0.600. The van der Waals surface area contributed by atoms with Gasteiger partial charge in [-0.05, 0) is 67.9 Å². The molecular weight excluding hydrogens is 314 g/mol. The first-order valence-corrected chi connectivity index (χ1v) is 9.49. The number of benzene rings is 1. The summed E-state index contributed by atoms with van der Waals surface area (Å²) in [6.07, 6.45) is 5.52. The van der Waals surface area contributed by atoms with Crippen LogP contribution in [0.3, 0.4) is 0 Å². The van der Waals surface area contributed by atoms with Gasteiger partial charge in [-0.1, -0.05) is 18.2 Å². The van der Waals surface area contributed by atoms with E-state index in [4.69, 9.17) is 5.73 Å². The van der Waals surface area contributed by atoms with E-state index in [0.717, 1.165) is 37.5 Å². The summed E-state index contributed by atoms with van der Waals surface area (Å²) < 4.78 is 0. The third-order valence-electron chi connectivity index (χ3n) is 6.59. The molecule has 0 atom stereocenters. The molecular formula is C20H27N3O2. The van der Waals surface area contributed by atoms with Crippen LogP contribution in [0.15, 0.2) is 30.3 Å². The normalized spacial score (nSPS) is 35.4. The first-order valence-electron chi connectivity index (χ1n) is 9.49. The lowest BCUT2D eigenvalue weighted by Gasteiger charge is -2.60. The Bertz CT molecular complexity index is 630. The van der Waals surface area contributed by atoms with Gasteiger partial charge in [-0.3, -0.25) is 9.59 Å². The molecule has 2 amide bonds. The van der Waals surface area contributed by atoms with E-state index >= 15 is 0 Å². The number of carbonyl (C=O) groups is 2. The number of carbonyl (C=O) groups excluding carboxylic acids is 2. The van der Waals surface area contributed by atoms with Crippen LogP contribution in [0.5, 0.6) is 0 Å². The highest BCUT2D eigenvalue weighted by molar-refractivity contribution is 5.99. The summed E-state index contributed by atoms with van der Waals surface area (Å²) in [5, 5.41) is 6.19. The molecule has 0 aromatic heterocycles. The second kappa shape index (κ2) is 6.45. The Morgan fingerprint density at radius 2 is 1.60 bits per heavy atom. The highest BCUT2D eigenvalue weighted by Gasteiger charge is 2.61. The second-order valence-electron chi connectivity index (χ2n) is 8.04. The zero-order chi connectivity index (χ0) is 17.4. The van der Waals surface area contributed by atoms with Crippen molar-refractivity contribution in [3.63, 3.8) is 0 Å². The zero-order valence-electron chi connectivity index (χ0n) is 14.5. The van der Waals surface area contributed by atoms with Gasteiger partial charge in [0.1, 0.15) is 5.54 Å². The average molecular weight is 341 g/mol. The van der Waals surface area contributed by atoms with E-state index in [9.17, 15) is 9.59 Å². The lowest BCUT2D eigenvalue weighted by atomic mass is 9.48. The molecule has 4 saturated carbocycles. The summed E-state index contributed by atoms with van der Waals surface area (Å²) in [5.74, 6) is 1.77. The molecule has 134 valence electrons. The van der Waals surface area contributed by atoms with Gasteiger partial charge in [0.2, 0.25) is 5.91 Å². The van der Waals surface area contributed by atoms with E-state index < -0.39 is 5.54 Å². The summed E-state index contributed by atoms with van der Waals surface area (Å²) in [5.41, 5.74) is 5.43. The number of hydrogen-bond donors (Lipinski definition) is 3. The monoisotopic (exact) mass is 341 g/mol. The fourth-order valence-corrected chi connectivity index (χ4v) is 5.74. The summed E-state index contributed by atoms with van der Waals surface area (Å²) >= 11 is 0. The van der Waals surface area contributed by atoms with Crippen molar-refractivity contribution in [2.45, 2.75) is 37.6 Å². The van der Waals surface area contributed by atoms with Crippen molar-refractivity contribution in [1.29, 1.82) is 0 Å². The number of hydrogen-bond acceptors (Lipinski definition) is 3. The standard InChI is InChI=1S/C20H27N3O2/c21-6-7-22-19(25)20(23-18(24)15-4-2-1-3-5-15)16-9-13-8-14(11-16)12-17(20)10-13/h1-5,13-14,16-17H,6-12,21H2,(H,22,25)(H,23,24). The van der Waals surface area contributed by atoms with E-state index in [0.29, 0.717) is 18.7 Å². The van der Waals surface area contributed by atoms with Crippen molar-refractivity contribution >= 4 is 11.8 Å². The Morgan fingerprint density at radius 1 is 1.00 bits per heavy atom. The number of rotatable bonds is 5. The minimum atomic E-state index is -0.768. The third-order valence-corrected chi connectivity index (χ3v) is 6.59. The van der Waals surface area contributed by atoms with Crippen LogP contribution in [0, 0.1) is 23.7 Å². The maximum atomic E-state index is 13.2. The lowest BCUT2D eigenvalue weighted by Crippen LogP contribution is -2.72. The summed E-state index contributed by atoms with van der Waals surface area (Å²) in [6, 6.07) is 9.21. The molecule has 0 saturated heterocycles. The summed E-state index contributed by atoms with van der Waals surface area (Å²) in [7, 11) is 0. The van der Waals surface area contributed by atoms with Crippen LogP contribution in [0.4, 0.5) is 0 Å². The van der Waals surface area contributed by atoms with Gasteiger partial charge in [-0.15, -0.1) is 0 Å². The first-order chi connectivity index (χ1) is 12.1. The van der Waals surface area contributed by atoms with Crippen molar-refractivity contribution in [1.82, 2.24) is 10.6 Å². The van der Waals surface area contributed by atoms with E-state index in [1.54, 1.807) is 12.1 Å². The third kappa shape index (κ3) is 2.74. The van der Waals surface area contributed by atoms with E-state index in [1.165, 1.54) is 6.42 Å². The topological polar surface area (TPSA) is 84.2 Å². The molecule has 5 rings (SSSR count). The van der Waals surface area contributed by atoms with Gasteiger partial charge in [-0.2, -0.15) is 0 Å². The van der Waals surface area contributed by atoms with Crippen molar-refractivity contribution in [2.24, 2.45) is 29.4 Å². The maximum absolute atomic E-state index is 13.2. The Balaban J connectivity index is 1.65. The predicted octanol–water partition coefficient (Wildman–Crippen LogP) is 1.69. The minimum absolute atomic E-state index is 0.0315. The molecule has 4 aliphatic carbocycles. The van der Waals surface area contributed by atoms with Gasteiger partial charge in [0.05, 0.1) is 0 Å². The Hall–Kier alpha value is -1.88. The summed E-state index contributed by atoms with van der Waals surface area (Å²) in [6.45, 7) is 0.864. The Kier molecular flexibility index (Phi) is 4.28. The van der Waals surface area contributed by atoms with Crippen LogP contribution in [-0.2, 0) is 4.79 Å². The van der Waals surface area contributed by atoms with Crippen LogP contribution < -0.4 is 16.4 Å². The molecule has 1 aromatic carbocycles. The van der Waals surface area contributed by atoms with E-state index in [1.807, 2.05) is 18.2 Å². The van der Waals surface area contributed by atoms with Gasteiger partial charge < -0.3 is 16.4 Å². The van der Waals surface area contributed by atoms with Crippen LogP contribution in [0.1, 0.15) is 42.5 Å². The Morgan fingerprint density at radius 3 is 2.16 bits per heavy atom.